The number of nitrogens with one attached hydrogen (secondary N) is 1. The average molecular weight is 351 g/mol. The highest BCUT2D eigenvalue weighted by Crippen LogP contribution is 2.37. The maximum Gasteiger partial charge on any atom is 0.312 e. The minimum absolute atomic E-state index is 0.287. The van der Waals surface area contributed by atoms with Gasteiger partial charge in [-0.25, -0.2) is 13.6 Å². The number of hydrogen-bond donors (Lipinski definition) is 2. The molecule has 3 rings (SSSR count). The molecule has 0 radical (unpaired) electrons. The lowest BCUT2D eigenvalue weighted by molar-refractivity contribution is -0.387. The quantitative estimate of drug-likeness (QED) is 0.630. The van der Waals surface area contributed by atoms with E-state index in [9.17, 15) is 18.5 Å². The zero-order valence-electron chi connectivity index (χ0n) is 12.8. The summed E-state index contributed by atoms with van der Waals surface area (Å²) >= 11 is 0. The van der Waals surface area contributed by atoms with Gasteiger partial charge in [-0.05, 0) is 31.0 Å². The van der Waals surface area contributed by atoms with Gasteiger partial charge in [-0.3, -0.25) is 15.2 Å². The van der Waals surface area contributed by atoms with Crippen molar-refractivity contribution in [2.75, 3.05) is 18.0 Å². The molecule has 1 saturated heterocycles. The Balaban J connectivity index is 1.89. The van der Waals surface area contributed by atoms with E-state index in [4.69, 9.17) is 5.14 Å². The Hall–Kier alpha value is -2.46. The third-order valence-electron chi connectivity index (χ3n) is 4.26. The summed E-state index contributed by atoms with van der Waals surface area (Å²) in [5.74, 6) is 0.309. The molecule has 0 spiro atoms. The second-order valence-corrected chi connectivity index (χ2v) is 7.23. The summed E-state index contributed by atoms with van der Waals surface area (Å²) in [5, 5.41) is 23.4. The smallest absolute Gasteiger partial charge is 0.312 e. The van der Waals surface area contributed by atoms with Crippen molar-refractivity contribution in [3.63, 3.8) is 0 Å². The molecule has 1 fully saturated rings. The van der Waals surface area contributed by atoms with Gasteiger partial charge in [-0.15, -0.1) is 0 Å². The maximum atomic E-state index is 11.6. The molecule has 1 aliphatic rings. The van der Waals surface area contributed by atoms with E-state index in [1.165, 1.54) is 6.07 Å². The second-order valence-electron chi connectivity index (χ2n) is 5.70. The van der Waals surface area contributed by atoms with Crippen LogP contribution in [0.15, 0.2) is 35.4 Å². The normalized spacial score (nSPS) is 16.3. The summed E-state index contributed by atoms with van der Waals surface area (Å²) in [7, 11) is -4.17. The van der Waals surface area contributed by atoms with Crippen molar-refractivity contribution in [1.82, 2.24) is 10.2 Å². The first-order valence-corrected chi connectivity index (χ1v) is 8.97. The van der Waals surface area contributed by atoms with Gasteiger partial charge in [-0.1, -0.05) is 6.07 Å². The van der Waals surface area contributed by atoms with E-state index in [2.05, 4.69) is 10.2 Å². The molecule has 128 valence electrons. The fourth-order valence-electron chi connectivity index (χ4n) is 3.10. The SMILES string of the molecule is NS(=O)(=O)c1cccc(N2CCC(c3ccn[nH]3)CC2)c1[N+](=O)[O-]. The van der Waals surface area contributed by atoms with Gasteiger partial charge in [0, 0.05) is 30.9 Å². The van der Waals surface area contributed by atoms with E-state index in [1.54, 1.807) is 12.3 Å². The standard InChI is InChI=1S/C14H17N5O4S/c15-24(22,23)13-3-1-2-12(14(13)19(20)21)18-8-5-10(6-9-18)11-4-7-16-17-11/h1-4,7,10H,5-6,8-9H2,(H,16,17)(H2,15,22,23). The van der Waals surface area contributed by atoms with Crippen LogP contribution in [0.1, 0.15) is 24.5 Å². The average Bonchev–Trinajstić information content (AvgIpc) is 3.08. The monoisotopic (exact) mass is 351 g/mol. The molecule has 2 aromatic rings. The summed E-state index contributed by atoms with van der Waals surface area (Å²) in [5.41, 5.74) is 0.872. The van der Waals surface area contributed by atoms with Gasteiger partial charge in [0.2, 0.25) is 10.0 Å². The lowest BCUT2D eigenvalue weighted by Crippen LogP contribution is -2.33. The number of para-hydroxylation sites is 1. The molecule has 0 saturated carbocycles. The number of anilines is 1. The number of H-pyrrole nitrogens is 1. The van der Waals surface area contributed by atoms with Crippen LogP contribution in [0.3, 0.4) is 0 Å². The zero-order valence-corrected chi connectivity index (χ0v) is 13.6. The Morgan fingerprint density at radius 1 is 1.29 bits per heavy atom. The second kappa shape index (κ2) is 6.21. The minimum atomic E-state index is -4.17. The summed E-state index contributed by atoms with van der Waals surface area (Å²) in [6.07, 6.45) is 3.28. The first-order valence-electron chi connectivity index (χ1n) is 7.42. The first-order chi connectivity index (χ1) is 11.4. The highest BCUT2D eigenvalue weighted by molar-refractivity contribution is 7.89. The van der Waals surface area contributed by atoms with Crippen molar-refractivity contribution < 1.29 is 13.3 Å². The molecule has 24 heavy (non-hydrogen) atoms. The van der Waals surface area contributed by atoms with Gasteiger partial charge >= 0.3 is 5.69 Å². The number of nitro groups is 1. The van der Waals surface area contributed by atoms with Crippen LogP contribution in [0.25, 0.3) is 0 Å². The predicted octanol–water partition coefficient (Wildman–Crippen LogP) is 1.35. The van der Waals surface area contributed by atoms with Gasteiger partial charge < -0.3 is 4.90 Å². The molecule has 2 heterocycles. The fourth-order valence-corrected chi connectivity index (χ4v) is 3.82. The van der Waals surface area contributed by atoms with E-state index in [0.29, 0.717) is 19.0 Å². The molecule has 0 unspecified atom stereocenters. The van der Waals surface area contributed by atoms with Gasteiger partial charge in [0.25, 0.3) is 0 Å². The third-order valence-corrected chi connectivity index (χ3v) is 5.21. The van der Waals surface area contributed by atoms with Crippen LogP contribution in [0.5, 0.6) is 0 Å². The maximum absolute atomic E-state index is 11.6. The molecule has 0 bridgehead atoms. The Kier molecular flexibility index (Phi) is 4.24. The van der Waals surface area contributed by atoms with Crippen molar-refractivity contribution >= 4 is 21.4 Å². The molecular formula is C14H17N5O4S. The van der Waals surface area contributed by atoms with Gasteiger partial charge in [0.15, 0.2) is 4.90 Å². The number of aromatic amines is 1. The van der Waals surface area contributed by atoms with Crippen molar-refractivity contribution in [3.8, 4) is 0 Å². The lowest BCUT2D eigenvalue weighted by Gasteiger charge is -2.33. The van der Waals surface area contributed by atoms with Crippen molar-refractivity contribution in [2.24, 2.45) is 5.14 Å². The van der Waals surface area contributed by atoms with E-state index >= 15 is 0 Å². The van der Waals surface area contributed by atoms with Crippen LogP contribution in [0.4, 0.5) is 11.4 Å². The fraction of sp³-hybridized carbons (Fsp3) is 0.357. The van der Waals surface area contributed by atoms with Crippen LogP contribution >= 0.6 is 0 Å². The summed E-state index contributed by atoms with van der Waals surface area (Å²) < 4.78 is 23.3. The van der Waals surface area contributed by atoms with Crippen LogP contribution < -0.4 is 10.0 Å². The lowest BCUT2D eigenvalue weighted by atomic mass is 9.93. The van der Waals surface area contributed by atoms with Crippen LogP contribution in [-0.4, -0.2) is 36.6 Å². The Morgan fingerprint density at radius 2 is 2.00 bits per heavy atom. The molecule has 9 nitrogen and oxygen atoms in total. The predicted molar refractivity (Wildman–Crippen MR) is 87.2 cm³/mol. The highest BCUT2D eigenvalue weighted by atomic mass is 32.2. The number of hydrogen-bond acceptors (Lipinski definition) is 6. The van der Waals surface area contributed by atoms with Gasteiger partial charge in [0.1, 0.15) is 5.69 Å². The third kappa shape index (κ3) is 3.10. The molecule has 3 N–H and O–H groups in total. The van der Waals surface area contributed by atoms with Crippen molar-refractivity contribution in [2.45, 2.75) is 23.7 Å². The molecular weight excluding hydrogens is 334 g/mol. The molecule has 10 heteroatoms. The van der Waals surface area contributed by atoms with E-state index in [-0.39, 0.29) is 5.69 Å². The molecule has 0 amide bonds. The first kappa shape index (κ1) is 16.4. The molecule has 1 aliphatic heterocycles. The van der Waals surface area contributed by atoms with E-state index in [0.717, 1.165) is 24.6 Å². The number of nitrogens with zero attached hydrogens (tertiary/aromatic N) is 3. The number of rotatable bonds is 4. The number of nitrogens with two attached hydrogens (primary N) is 1. The zero-order chi connectivity index (χ0) is 17.3. The number of sulfonamides is 1. The largest absolute Gasteiger partial charge is 0.366 e. The number of aromatic nitrogens is 2. The Labute approximate surface area is 138 Å². The summed E-state index contributed by atoms with van der Waals surface area (Å²) in [4.78, 5) is 12.1. The number of benzene rings is 1. The van der Waals surface area contributed by atoms with E-state index < -0.39 is 25.5 Å². The number of piperidine rings is 1. The van der Waals surface area contributed by atoms with Crippen LogP contribution in [0, 0.1) is 10.1 Å². The van der Waals surface area contributed by atoms with Crippen molar-refractivity contribution in [1.29, 1.82) is 0 Å². The van der Waals surface area contributed by atoms with Crippen molar-refractivity contribution in [3.05, 3.63) is 46.3 Å². The Bertz CT molecular complexity index is 842. The minimum Gasteiger partial charge on any atom is -0.366 e. The molecule has 1 aromatic carbocycles. The highest BCUT2D eigenvalue weighted by Gasteiger charge is 2.31. The molecule has 0 aliphatic carbocycles. The molecule has 0 atom stereocenters. The summed E-state index contributed by atoms with van der Waals surface area (Å²) in [6, 6.07) is 6.12. The van der Waals surface area contributed by atoms with Crippen LogP contribution in [0.2, 0.25) is 0 Å². The molecule has 1 aromatic heterocycles. The Morgan fingerprint density at radius 3 is 2.54 bits per heavy atom. The summed E-state index contributed by atoms with van der Waals surface area (Å²) in [6.45, 7) is 1.16. The number of nitro benzene ring substituents is 1. The van der Waals surface area contributed by atoms with Crippen LogP contribution in [-0.2, 0) is 10.0 Å². The number of primary sulfonamides is 1. The van der Waals surface area contributed by atoms with E-state index in [1.807, 2.05) is 11.0 Å². The van der Waals surface area contributed by atoms with Gasteiger partial charge in [0.05, 0.1) is 4.92 Å². The van der Waals surface area contributed by atoms with Gasteiger partial charge in [-0.2, -0.15) is 5.10 Å². The topological polar surface area (TPSA) is 135 Å².